The van der Waals surface area contributed by atoms with Crippen molar-refractivity contribution in [1.82, 2.24) is 15.2 Å². The molecule has 0 saturated heterocycles. The molecular formula is C15H29N3S. The minimum Gasteiger partial charge on any atom is -0.312 e. The fraction of sp³-hybridized carbons (Fsp3) is 0.800. The summed E-state index contributed by atoms with van der Waals surface area (Å²) < 4.78 is 0. The van der Waals surface area contributed by atoms with Gasteiger partial charge in [0.1, 0.15) is 0 Å². The average molecular weight is 283 g/mol. The quantitative estimate of drug-likeness (QED) is 0.777. The molecule has 1 rings (SSSR count). The third-order valence-electron chi connectivity index (χ3n) is 3.44. The van der Waals surface area contributed by atoms with Gasteiger partial charge in [-0.3, -0.25) is 4.90 Å². The lowest BCUT2D eigenvalue weighted by atomic mass is 10.1. The van der Waals surface area contributed by atoms with Crippen LogP contribution in [0.4, 0.5) is 0 Å². The van der Waals surface area contributed by atoms with Gasteiger partial charge in [0.2, 0.25) is 0 Å². The van der Waals surface area contributed by atoms with Crippen LogP contribution in [0.1, 0.15) is 51.1 Å². The van der Waals surface area contributed by atoms with Crippen LogP contribution >= 0.6 is 11.3 Å². The van der Waals surface area contributed by atoms with Gasteiger partial charge in [0.05, 0.1) is 11.2 Å². The number of aromatic nitrogens is 1. The first kappa shape index (κ1) is 16.6. The number of hydrogen-bond acceptors (Lipinski definition) is 4. The highest BCUT2D eigenvalue weighted by Crippen LogP contribution is 2.16. The SMILES string of the molecule is Cc1ncsc1CN(C)C(C)CCCNC(C)(C)C. The van der Waals surface area contributed by atoms with Gasteiger partial charge in [-0.1, -0.05) is 0 Å². The molecule has 1 unspecified atom stereocenters. The average Bonchev–Trinajstić information content (AvgIpc) is 2.69. The van der Waals surface area contributed by atoms with Crippen molar-refractivity contribution in [3.05, 3.63) is 16.1 Å². The highest BCUT2D eigenvalue weighted by atomic mass is 32.1. The van der Waals surface area contributed by atoms with Crippen molar-refractivity contribution in [3.63, 3.8) is 0 Å². The second kappa shape index (κ2) is 7.36. The van der Waals surface area contributed by atoms with Crippen molar-refractivity contribution < 1.29 is 0 Å². The summed E-state index contributed by atoms with van der Waals surface area (Å²) in [5, 5.41) is 3.54. The van der Waals surface area contributed by atoms with Crippen molar-refractivity contribution in [1.29, 1.82) is 0 Å². The van der Waals surface area contributed by atoms with Gasteiger partial charge in [-0.05, 0) is 61.1 Å². The number of aryl methyl sites for hydroxylation is 1. The summed E-state index contributed by atoms with van der Waals surface area (Å²) in [6.07, 6.45) is 2.46. The molecule has 1 heterocycles. The van der Waals surface area contributed by atoms with E-state index in [1.165, 1.54) is 23.4 Å². The van der Waals surface area contributed by atoms with Gasteiger partial charge in [0, 0.05) is 23.0 Å². The molecule has 0 amide bonds. The Hall–Kier alpha value is -0.450. The largest absolute Gasteiger partial charge is 0.312 e. The highest BCUT2D eigenvalue weighted by Gasteiger charge is 2.13. The summed E-state index contributed by atoms with van der Waals surface area (Å²) in [4.78, 5) is 8.13. The summed E-state index contributed by atoms with van der Waals surface area (Å²) in [6, 6.07) is 0.614. The third kappa shape index (κ3) is 6.50. The Kier molecular flexibility index (Phi) is 6.43. The van der Waals surface area contributed by atoms with Crippen LogP contribution in [0.5, 0.6) is 0 Å². The molecule has 0 aliphatic carbocycles. The van der Waals surface area contributed by atoms with Gasteiger partial charge < -0.3 is 5.32 Å². The van der Waals surface area contributed by atoms with Crippen LogP contribution < -0.4 is 5.32 Å². The second-order valence-corrected chi connectivity index (χ2v) is 7.38. The Bertz CT molecular complexity index is 368. The molecule has 1 atom stereocenters. The first-order valence-corrected chi connectivity index (χ1v) is 8.02. The van der Waals surface area contributed by atoms with E-state index in [1.807, 2.05) is 5.51 Å². The Morgan fingerprint density at radius 1 is 1.42 bits per heavy atom. The van der Waals surface area contributed by atoms with E-state index in [0.29, 0.717) is 6.04 Å². The monoisotopic (exact) mass is 283 g/mol. The lowest BCUT2D eigenvalue weighted by molar-refractivity contribution is 0.234. The maximum absolute atomic E-state index is 4.31. The van der Waals surface area contributed by atoms with Crippen LogP contribution in [0.15, 0.2) is 5.51 Å². The van der Waals surface area contributed by atoms with Crippen LogP contribution in [-0.2, 0) is 6.54 Å². The molecule has 1 aromatic rings. The molecule has 0 aliphatic rings. The number of nitrogens with one attached hydrogen (secondary N) is 1. The van der Waals surface area contributed by atoms with E-state index in [2.05, 4.69) is 56.9 Å². The zero-order valence-electron chi connectivity index (χ0n) is 13.3. The normalized spacial score (nSPS) is 14.1. The van der Waals surface area contributed by atoms with Gasteiger partial charge >= 0.3 is 0 Å². The van der Waals surface area contributed by atoms with E-state index < -0.39 is 0 Å². The molecule has 0 bridgehead atoms. The standard InChI is InChI=1S/C15H29N3S/c1-12(8-7-9-17-15(3,4)5)18(6)10-14-13(2)16-11-19-14/h11-12,17H,7-10H2,1-6H3. The predicted molar refractivity (Wildman–Crippen MR) is 84.8 cm³/mol. The lowest BCUT2D eigenvalue weighted by Crippen LogP contribution is -2.37. The zero-order valence-corrected chi connectivity index (χ0v) is 14.1. The van der Waals surface area contributed by atoms with Crippen LogP contribution in [0.2, 0.25) is 0 Å². The molecule has 3 nitrogen and oxygen atoms in total. The fourth-order valence-electron chi connectivity index (χ4n) is 1.94. The molecule has 19 heavy (non-hydrogen) atoms. The summed E-state index contributed by atoms with van der Waals surface area (Å²) >= 11 is 1.76. The van der Waals surface area contributed by atoms with Crippen molar-refractivity contribution >= 4 is 11.3 Å². The van der Waals surface area contributed by atoms with Crippen LogP contribution in [-0.4, -0.2) is 35.1 Å². The number of rotatable bonds is 7. The van der Waals surface area contributed by atoms with Crippen molar-refractivity contribution in [2.75, 3.05) is 13.6 Å². The van der Waals surface area contributed by atoms with Crippen molar-refractivity contribution in [3.8, 4) is 0 Å². The van der Waals surface area contributed by atoms with Crippen LogP contribution in [0.3, 0.4) is 0 Å². The van der Waals surface area contributed by atoms with Gasteiger partial charge in [-0.15, -0.1) is 11.3 Å². The molecule has 0 aromatic carbocycles. The maximum Gasteiger partial charge on any atom is 0.0798 e. The van der Waals surface area contributed by atoms with Crippen molar-refractivity contribution in [2.45, 2.75) is 65.6 Å². The van der Waals surface area contributed by atoms with Crippen LogP contribution in [0, 0.1) is 6.92 Å². The summed E-state index contributed by atoms with van der Waals surface area (Å²) in [6.45, 7) is 13.2. The molecule has 1 aromatic heterocycles. The van der Waals surface area contributed by atoms with Gasteiger partial charge in [0.25, 0.3) is 0 Å². The zero-order chi connectivity index (χ0) is 14.5. The Morgan fingerprint density at radius 3 is 2.63 bits per heavy atom. The second-order valence-electron chi connectivity index (χ2n) is 6.44. The predicted octanol–water partition coefficient (Wildman–Crippen LogP) is 3.44. The molecule has 110 valence electrons. The fourth-order valence-corrected chi connectivity index (χ4v) is 2.78. The van der Waals surface area contributed by atoms with E-state index in [1.54, 1.807) is 11.3 Å². The molecule has 0 aliphatic heterocycles. The minimum atomic E-state index is 0.231. The van der Waals surface area contributed by atoms with Gasteiger partial charge in [-0.2, -0.15) is 0 Å². The molecule has 0 saturated carbocycles. The summed E-state index contributed by atoms with van der Waals surface area (Å²) in [5.74, 6) is 0. The molecular weight excluding hydrogens is 254 g/mol. The molecule has 0 fully saturated rings. The van der Waals surface area contributed by atoms with E-state index in [-0.39, 0.29) is 5.54 Å². The Labute approximate surface area is 122 Å². The summed E-state index contributed by atoms with van der Waals surface area (Å²) in [7, 11) is 2.21. The first-order valence-electron chi connectivity index (χ1n) is 7.14. The maximum atomic E-state index is 4.31. The smallest absolute Gasteiger partial charge is 0.0798 e. The number of nitrogens with zero attached hydrogens (tertiary/aromatic N) is 2. The minimum absolute atomic E-state index is 0.231. The van der Waals surface area contributed by atoms with E-state index >= 15 is 0 Å². The van der Waals surface area contributed by atoms with Gasteiger partial charge in [0.15, 0.2) is 0 Å². The topological polar surface area (TPSA) is 28.2 Å². The van der Waals surface area contributed by atoms with Crippen molar-refractivity contribution in [2.24, 2.45) is 0 Å². The molecule has 4 heteroatoms. The van der Waals surface area contributed by atoms with Gasteiger partial charge in [-0.25, -0.2) is 4.98 Å². The van der Waals surface area contributed by atoms with E-state index in [4.69, 9.17) is 0 Å². The molecule has 1 N–H and O–H groups in total. The lowest BCUT2D eigenvalue weighted by Gasteiger charge is -2.25. The van der Waals surface area contributed by atoms with E-state index in [0.717, 1.165) is 13.1 Å². The summed E-state index contributed by atoms with van der Waals surface area (Å²) in [5.41, 5.74) is 3.35. The number of thiazole rings is 1. The molecule has 0 spiro atoms. The number of hydrogen-bond donors (Lipinski definition) is 1. The molecule has 0 radical (unpaired) electrons. The highest BCUT2D eigenvalue weighted by molar-refractivity contribution is 7.09. The Balaban J connectivity index is 2.25. The first-order chi connectivity index (χ1) is 8.79. The Morgan fingerprint density at radius 2 is 2.11 bits per heavy atom. The van der Waals surface area contributed by atoms with Crippen LogP contribution in [0.25, 0.3) is 0 Å². The van der Waals surface area contributed by atoms with E-state index in [9.17, 15) is 0 Å². The third-order valence-corrected chi connectivity index (χ3v) is 4.36.